The first-order valence-electron chi connectivity index (χ1n) is 10.1. The molecule has 0 aliphatic rings. The Kier molecular flexibility index (Phi) is 11.8. The summed E-state index contributed by atoms with van der Waals surface area (Å²) in [6, 6.07) is 22.3. The van der Waals surface area contributed by atoms with E-state index in [1.54, 1.807) is 36.0 Å². The number of carbonyl (C=O) groups excluding carboxylic acids is 2. The van der Waals surface area contributed by atoms with E-state index in [-0.39, 0.29) is 5.91 Å². The summed E-state index contributed by atoms with van der Waals surface area (Å²) in [5.41, 5.74) is 4.03. The molecule has 0 aromatic heterocycles. The summed E-state index contributed by atoms with van der Waals surface area (Å²) >= 11 is 1.80. The van der Waals surface area contributed by atoms with Crippen LogP contribution in [-0.4, -0.2) is 25.2 Å². The Bertz CT molecular complexity index is 968. The number of thioether (sulfide) groups is 1. The fourth-order valence-corrected chi connectivity index (χ4v) is 3.17. The second kappa shape index (κ2) is 14.0. The molecule has 0 saturated carbocycles. The first kappa shape index (κ1) is 26.0. The molecule has 0 aliphatic carbocycles. The Hall–Kier alpha value is -3.05. The largest absolute Gasteiger partial charge is 0.465 e. The Morgan fingerprint density at radius 1 is 0.774 bits per heavy atom. The summed E-state index contributed by atoms with van der Waals surface area (Å²) in [6.45, 7) is 8.06. The Balaban J connectivity index is 0.000000365. The molecule has 1 amide bonds. The summed E-state index contributed by atoms with van der Waals surface area (Å²) < 4.78 is 4.61. The van der Waals surface area contributed by atoms with Crippen molar-refractivity contribution in [2.45, 2.75) is 32.6 Å². The maximum Gasteiger partial charge on any atom is 0.337 e. The maximum absolute atomic E-state index is 12.1. The first-order valence-corrected chi connectivity index (χ1v) is 11.3. The quantitative estimate of drug-likeness (QED) is 0.361. The minimum atomic E-state index is -0.420. The highest BCUT2D eigenvalue weighted by Crippen LogP contribution is 2.18. The van der Waals surface area contributed by atoms with Gasteiger partial charge in [0.2, 0.25) is 0 Å². The van der Waals surface area contributed by atoms with Crippen molar-refractivity contribution in [1.82, 2.24) is 0 Å². The third kappa shape index (κ3) is 8.30. The number of amides is 1. The number of aryl methyl sites for hydroxylation is 2. The summed E-state index contributed by atoms with van der Waals surface area (Å²) in [5, 5.41) is 2.83. The lowest BCUT2D eigenvalue weighted by molar-refractivity contribution is 0.0600. The molecule has 3 aromatic rings. The SMILES string of the molecule is CC.COC(=O)c1ccc(C(=O)Nc2ccccc2C)cc1.CSc1ccccc1C. The minimum Gasteiger partial charge on any atom is -0.465 e. The summed E-state index contributed by atoms with van der Waals surface area (Å²) in [7, 11) is 1.32. The molecular formula is C26H31NO3S. The van der Waals surface area contributed by atoms with Crippen molar-refractivity contribution >= 4 is 29.3 Å². The van der Waals surface area contributed by atoms with Gasteiger partial charge in [-0.2, -0.15) is 0 Å². The van der Waals surface area contributed by atoms with Crippen LogP contribution in [0, 0.1) is 13.8 Å². The number of benzene rings is 3. The standard InChI is InChI=1S/C16H15NO3.C8H10S.C2H6/c1-11-5-3-4-6-14(11)17-15(18)12-7-9-13(10-8-12)16(19)20-2;1-7-5-3-4-6-8(7)9-2;1-2/h3-10H,1-2H3,(H,17,18);3-6H,1-2H3;1-2H3. The molecule has 0 atom stereocenters. The van der Waals surface area contributed by atoms with Crippen molar-refractivity contribution in [1.29, 1.82) is 0 Å². The van der Waals surface area contributed by atoms with Crippen LogP contribution in [0.25, 0.3) is 0 Å². The van der Waals surface area contributed by atoms with Gasteiger partial charge in [0.1, 0.15) is 0 Å². The van der Waals surface area contributed by atoms with Crippen LogP contribution < -0.4 is 5.32 Å². The van der Waals surface area contributed by atoms with Gasteiger partial charge in [-0.15, -0.1) is 11.8 Å². The molecule has 0 fully saturated rings. The van der Waals surface area contributed by atoms with E-state index in [1.165, 1.54) is 17.6 Å². The topological polar surface area (TPSA) is 55.4 Å². The smallest absolute Gasteiger partial charge is 0.337 e. The zero-order valence-corrected chi connectivity index (χ0v) is 19.9. The first-order chi connectivity index (χ1) is 15.0. The number of hydrogen-bond acceptors (Lipinski definition) is 4. The molecular weight excluding hydrogens is 406 g/mol. The molecule has 3 aromatic carbocycles. The molecule has 0 spiro atoms. The molecule has 4 nitrogen and oxygen atoms in total. The average Bonchev–Trinajstić information content (AvgIpc) is 2.82. The van der Waals surface area contributed by atoms with Crippen LogP contribution in [0.3, 0.4) is 0 Å². The lowest BCUT2D eigenvalue weighted by atomic mass is 10.1. The summed E-state index contributed by atoms with van der Waals surface area (Å²) in [5.74, 6) is -0.633. The van der Waals surface area contributed by atoms with Crippen LogP contribution in [0.5, 0.6) is 0 Å². The van der Waals surface area contributed by atoms with Crippen molar-refractivity contribution in [2.75, 3.05) is 18.7 Å². The predicted molar refractivity (Wildman–Crippen MR) is 131 cm³/mol. The molecule has 1 N–H and O–H groups in total. The van der Waals surface area contributed by atoms with Crippen molar-refractivity contribution in [3.8, 4) is 0 Å². The average molecular weight is 438 g/mol. The molecule has 164 valence electrons. The van der Waals surface area contributed by atoms with E-state index in [9.17, 15) is 9.59 Å². The lowest BCUT2D eigenvalue weighted by Gasteiger charge is -2.08. The third-order valence-corrected chi connectivity index (χ3v) is 5.17. The fraction of sp³-hybridized carbons (Fsp3) is 0.231. The number of anilines is 1. The Morgan fingerprint density at radius 2 is 1.29 bits per heavy atom. The molecule has 31 heavy (non-hydrogen) atoms. The zero-order chi connectivity index (χ0) is 23.2. The van der Waals surface area contributed by atoms with E-state index in [0.717, 1.165) is 11.3 Å². The number of methoxy groups -OCH3 is 1. The van der Waals surface area contributed by atoms with Gasteiger partial charge in [-0.1, -0.05) is 50.2 Å². The number of esters is 1. The molecule has 5 heteroatoms. The van der Waals surface area contributed by atoms with Gasteiger partial charge in [0.15, 0.2) is 0 Å². The van der Waals surface area contributed by atoms with Gasteiger partial charge in [-0.05, 0) is 67.6 Å². The van der Waals surface area contributed by atoms with Crippen molar-refractivity contribution < 1.29 is 14.3 Å². The van der Waals surface area contributed by atoms with E-state index in [4.69, 9.17) is 0 Å². The van der Waals surface area contributed by atoms with Crippen LogP contribution in [0.2, 0.25) is 0 Å². The fourth-order valence-electron chi connectivity index (χ4n) is 2.57. The van der Waals surface area contributed by atoms with Crippen molar-refractivity contribution in [3.05, 3.63) is 95.1 Å². The number of ether oxygens (including phenoxy) is 1. The van der Waals surface area contributed by atoms with Gasteiger partial charge < -0.3 is 10.1 Å². The minimum absolute atomic E-state index is 0.212. The van der Waals surface area contributed by atoms with Crippen molar-refractivity contribution in [2.24, 2.45) is 0 Å². The van der Waals surface area contributed by atoms with Gasteiger partial charge in [-0.3, -0.25) is 4.79 Å². The molecule has 0 heterocycles. The molecule has 0 radical (unpaired) electrons. The monoisotopic (exact) mass is 437 g/mol. The van der Waals surface area contributed by atoms with Gasteiger partial charge in [0.05, 0.1) is 12.7 Å². The van der Waals surface area contributed by atoms with Gasteiger partial charge in [-0.25, -0.2) is 4.79 Å². The molecule has 3 rings (SSSR count). The van der Waals surface area contributed by atoms with Crippen LogP contribution >= 0.6 is 11.8 Å². The zero-order valence-electron chi connectivity index (χ0n) is 19.1. The van der Waals surface area contributed by atoms with E-state index in [2.05, 4.69) is 47.5 Å². The Labute approximate surface area is 190 Å². The summed E-state index contributed by atoms with van der Waals surface area (Å²) in [4.78, 5) is 24.8. The number of hydrogen-bond donors (Lipinski definition) is 1. The highest BCUT2D eigenvalue weighted by molar-refractivity contribution is 7.98. The van der Waals surface area contributed by atoms with E-state index in [1.807, 2.05) is 45.0 Å². The molecule has 0 saturated heterocycles. The second-order valence-electron chi connectivity index (χ2n) is 6.31. The van der Waals surface area contributed by atoms with Gasteiger partial charge in [0, 0.05) is 16.1 Å². The van der Waals surface area contributed by atoms with Crippen LogP contribution in [0.4, 0.5) is 5.69 Å². The predicted octanol–water partition coefficient (Wildman–Crippen LogP) is 6.78. The third-order valence-electron chi connectivity index (χ3n) is 4.27. The summed E-state index contributed by atoms with van der Waals surface area (Å²) in [6.07, 6.45) is 2.10. The normalized spacial score (nSPS) is 9.35. The van der Waals surface area contributed by atoms with E-state index < -0.39 is 5.97 Å². The van der Waals surface area contributed by atoms with Crippen LogP contribution in [0.15, 0.2) is 77.7 Å². The maximum atomic E-state index is 12.1. The van der Waals surface area contributed by atoms with Gasteiger partial charge >= 0.3 is 5.97 Å². The lowest BCUT2D eigenvalue weighted by Crippen LogP contribution is -2.13. The van der Waals surface area contributed by atoms with E-state index in [0.29, 0.717) is 11.1 Å². The van der Waals surface area contributed by atoms with Crippen LogP contribution in [0.1, 0.15) is 45.7 Å². The number of para-hydroxylation sites is 1. The molecule has 0 aliphatic heterocycles. The van der Waals surface area contributed by atoms with Gasteiger partial charge in [0.25, 0.3) is 5.91 Å². The molecule has 0 unspecified atom stereocenters. The highest BCUT2D eigenvalue weighted by atomic mass is 32.2. The number of nitrogens with one attached hydrogen (secondary N) is 1. The molecule has 0 bridgehead atoms. The van der Waals surface area contributed by atoms with Crippen molar-refractivity contribution in [3.63, 3.8) is 0 Å². The second-order valence-corrected chi connectivity index (χ2v) is 7.16. The van der Waals surface area contributed by atoms with Crippen LogP contribution in [-0.2, 0) is 4.74 Å². The number of rotatable bonds is 4. The number of carbonyl (C=O) groups is 2. The highest BCUT2D eigenvalue weighted by Gasteiger charge is 2.09. The van der Waals surface area contributed by atoms with E-state index >= 15 is 0 Å². The Morgan fingerprint density at radius 3 is 1.77 bits per heavy atom.